The molecule has 1 aliphatic heterocycles. The van der Waals surface area contributed by atoms with E-state index >= 15 is 0 Å². The smallest absolute Gasteiger partial charge is 0.321 e. The quantitative estimate of drug-likeness (QED) is 0.635. The monoisotopic (exact) mass is 424 g/mol. The molecule has 1 fully saturated rings. The topological polar surface area (TPSA) is 80.5 Å². The van der Waals surface area contributed by atoms with E-state index in [1.54, 1.807) is 23.1 Å². The second kappa shape index (κ2) is 9.16. The molecule has 162 valence electrons. The van der Waals surface area contributed by atoms with Gasteiger partial charge in [0.1, 0.15) is 0 Å². The number of aromatic nitrogens is 2. The number of amides is 2. The Morgan fingerprint density at radius 2 is 2.13 bits per heavy atom. The van der Waals surface area contributed by atoms with Gasteiger partial charge in [0.05, 0.1) is 0 Å². The molecule has 3 aromatic rings. The van der Waals surface area contributed by atoms with Crippen LogP contribution in [0, 0.1) is 19.7 Å². The SMILES string of the molecule is Cc1ccc(NC(=O)N2CCCC(c3noc(COc4ccccc4F)n3)C2)c(C)c1. The first-order valence-electron chi connectivity index (χ1n) is 10.3. The summed E-state index contributed by atoms with van der Waals surface area (Å²) in [5, 5.41) is 7.05. The molecule has 2 amide bonds. The Labute approximate surface area is 180 Å². The van der Waals surface area contributed by atoms with Crippen molar-refractivity contribution >= 4 is 11.7 Å². The van der Waals surface area contributed by atoms with E-state index in [9.17, 15) is 9.18 Å². The Morgan fingerprint density at radius 1 is 1.29 bits per heavy atom. The van der Waals surface area contributed by atoms with Gasteiger partial charge in [0, 0.05) is 24.7 Å². The zero-order valence-corrected chi connectivity index (χ0v) is 17.6. The van der Waals surface area contributed by atoms with E-state index in [4.69, 9.17) is 9.26 Å². The van der Waals surface area contributed by atoms with Crippen molar-refractivity contribution in [1.82, 2.24) is 15.0 Å². The van der Waals surface area contributed by atoms with Crippen molar-refractivity contribution in [2.45, 2.75) is 39.2 Å². The van der Waals surface area contributed by atoms with Crippen LogP contribution < -0.4 is 10.1 Å². The van der Waals surface area contributed by atoms with E-state index < -0.39 is 5.82 Å². The van der Waals surface area contributed by atoms with Gasteiger partial charge in [0.15, 0.2) is 24.0 Å². The summed E-state index contributed by atoms with van der Waals surface area (Å²) in [7, 11) is 0. The summed E-state index contributed by atoms with van der Waals surface area (Å²) in [5.41, 5.74) is 2.99. The van der Waals surface area contributed by atoms with E-state index in [0.717, 1.165) is 29.7 Å². The van der Waals surface area contributed by atoms with Crippen LogP contribution >= 0.6 is 0 Å². The molecule has 1 aromatic heterocycles. The van der Waals surface area contributed by atoms with Crippen LogP contribution in [0.15, 0.2) is 47.0 Å². The fourth-order valence-electron chi connectivity index (χ4n) is 3.71. The minimum absolute atomic E-state index is 0.0163. The van der Waals surface area contributed by atoms with Gasteiger partial charge < -0.3 is 19.5 Å². The van der Waals surface area contributed by atoms with Crippen molar-refractivity contribution in [2.75, 3.05) is 18.4 Å². The van der Waals surface area contributed by atoms with E-state index in [-0.39, 0.29) is 30.2 Å². The molecule has 31 heavy (non-hydrogen) atoms. The van der Waals surface area contributed by atoms with Crippen molar-refractivity contribution in [2.24, 2.45) is 0 Å². The highest BCUT2D eigenvalue weighted by atomic mass is 19.1. The largest absolute Gasteiger partial charge is 0.481 e. The molecule has 2 aromatic carbocycles. The molecular formula is C23H25FN4O3. The van der Waals surface area contributed by atoms with Crippen molar-refractivity contribution in [3.05, 3.63) is 71.1 Å². The van der Waals surface area contributed by atoms with Crippen molar-refractivity contribution in [3.8, 4) is 5.75 Å². The van der Waals surface area contributed by atoms with Gasteiger partial charge in [-0.05, 0) is 50.5 Å². The van der Waals surface area contributed by atoms with E-state index in [1.807, 2.05) is 32.0 Å². The summed E-state index contributed by atoms with van der Waals surface area (Å²) in [6, 6.07) is 12.0. The molecule has 0 aliphatic carbocycles. The molecule has 0 radical (unpaired) electrons. The predicted octanol–water partition coefficient (Wildman–Crippen LogP) is 4.82. The van der Waals surface area contributed by atoms with Gasteiger partial charge >= 0.3 is 6.03 Å². The number of benzene rings is 2. The second-order valence-corrected chi connectivity index (χ2v) is 7.80. The number of hydrogen-bond acceptors (Lipinski definition) is 5. The van der Waals surface area contributed by atoms with Gasteiger partial charge in [0.25, 0.3) is 5.89 Å². The number of ether oxygens (including phenoxy) is 1. The Morgan fingerprint density at radius 3 is 2.94 bits per heavy atom. The summed E-state index contributed by atoms with van der Waals surface area (Å²) in [6.45, 7) is 5.16. The highest BCUT2D eigenvalue weighted by molar-refractivity contribution is 5.90. The first kappa shape index (κ1) is 20.8. The standard InChI is InChI=1S/C23H25FN4O3/c1-15-9-10-19(16(2)12-15)25-23(29)28-11-5-6-17(13-28)22-26-21(31-27-22)14-30-20-8-4-3-7-18(20)24/h3-4,7-10,12,17H,5-6,11,13-14H2,1-2H3,(H,25,29). The highest BCUT2D eigenvalue weighted by Gasteiger charge is 2.28. The number of carbonyl (C=O) groups excluding carboxylic acids is 1. The number of nitrogens with zero attached hydrogens (tertiary/aromatic N) is 3. The first-order valence-corrected chi connectivity index (χ1v) is 10.3. The number of rotatable bonds is 5. The second-order valence-electron chi connectivity index (χ2n) is 7.80. The Hall–Kier alpha value is -3.42. The lowest BCUT2D eigenvalue weighted by Gasteiger charge is -2.31. The third-order valence-corrected chi connectivity index (χ3v) is 5.37. The minimum atomic E-state index is -0.444. The number of hydrogen-bond donors (Lipinski definition) is 1. The number of anilines is 1. The Bertz CT molecular complexity index is 1070. The van der Waals surface area contributed by atoms with Gasteiger partial charge in [-0.1, -0.05) is 35.0 Å². The van der Waals surface area contributed by atoms with E-state index in [0.29, 0.717) is 18.9 Å². The molecule has 1 N–H and O–H groups in total. The summed E-state index contributed by atoms with van der Waals surface area (Å²) in [6.07, 6.45) is 1.71. The number of urea groups is 1. The van der Waals surface area contributed by atoms with Crippen molar-refractivity contribution < 1.29 is 18.4 Å². The van der Waals surface area contributed by atoms with Crippen LogP contribution in [0.1, 0.15) is 41.6 Å². The van der Waals surface area contributed by atoms with E-state index in [1.165, 1.54) is 6.07 Å². The molecule has 0 spiro atoms. The number of para-hydroxylation sites is 1. The lowest BCUT2D eigenvalue weighted by molar-refractivity contribution is 0.190. The average molecular weight is 424 g/mol. The molecule has 2 heterocycles. The van der Waals surface area contributed by atoms with Crippen LogP contribution in [0.5, 0.6) is 5.75 Å². The van der Waals surface area contributed by atoms with Crippen LogP contribution in [0.2, 0.25) is 0 Å². The summed E-state index contributed by atoms with van der Waals surface area (Å²) in [4.78, 5) is 18.9. The number of aryl methyl sites for hydroxylation is 2. The maximum Gasteiger partial charge on any atom is 0.321 e. The molecule has 1 aliphatic rings. The van der Waals surface area contributed by atoms with Gasteiger partial charge in [-0.25, -0.2) is 9.18 Å². The zero-order valence-electron chi connectivity index (χ0n) is 17.6. The minimum Gasteiger partial charge on any atom is -0.481 e. The number of carbonyl (C=O) groups is 1. The van der Waals surface area contributed by atoms with Crippen LogP contribution in [-0.2, 0) is 6.61 Å². The van der Waals surface area contributed by atoms with Crippen LogP contribution in [0.25, 0.3) is 0 Å². The van der Waals surface area contributed by atoms with Crippen LogP contribution in [-0.4, -0.2) is 34.2 Å². The maximum atomic E-state index is 13.7. The molecule has 7 nitrogen and oxygen atoms in total. The molecule has 1 saturated heterocycles. The molecule has 0 saturated carbocycles. The van der Waals surface area contributed by atoms with Gasteiger partial charge in [-0.2, -0.15) is 4.98 Å². The summed E-state index contributed by atoms with van der Waals surface area (Å²) >= 11 is 0. The molecule has 8 heteroatoms. The number of piperidine rings is 1. The number of halogens is 1. The molecular weight excluding hydrogens is 399 g/mol. The molecule has 4 rings (SSSR count). The Balaban J connectivity index is 1.36. The maximum absolute atomic E-state index is 13.7. The first-order chi connectivity index (χ1) is 15.0. The zero-order chi connectivity index (χ0) is 21.8. The third-order valence-electron chi connectivity index (χ3n) is 5.37. The lowest BCUT2D eigenvalue weighted by atomic mass is 9.97. The Kier molecular flexibility index (Phi) is 6.16. The molecule has 0 bridgehead atoms. The highest BCUT2D eigenvalue weighted by Crippen LogP contribution is 2.26. The van der Waals surface area contributed by atoms with Crippen LogP contribution in [0.4, 0.5) is 14.9 Å². The number of likely N-dealkylation sites (tertiary alicyclic amines) is 1. The average Bonchev–Trinajstić information content (AvgIpc) is 3.24. The normalized spacial score (nSPS) is 16.2. The van der Waals surface area contributed by atoms with E-state index in [2.05, 4.69) is 15.5 Å². The predicted molar refractivity (Wildman–Crippen MR) is 114 cm³/mol. The van der Waals surface area contributed by atoms with Gasteiger partial charge in [-0.3, -0.25) is 0 Å². The lowest BCUT2D eigenvalue weighted by Crippen LogP contribution is -2.42. The van der Waals surface area contributed by atoms with Gasteiger partial charge in [0.2, 0.25) is 0 Å². The van der Waals surface area contributed by atoms with Crippen LogP contribution in [0.3, 0.4) is 0 Å². The summed E-state index contributed by atoms with van der Waals surface area (Å²) < 4.78 is 24.4. The summed E-state index contributed by atoms with van der Waals surface area (Å²) in [5.74, 6) is 0.477. The fraction of sp³-hybridized carbons (Fsp3) is 0.348. The fourth-order valence-corrected chi connectivity index (χ4v) is 3.71. The number of nitrogens with one attached hydrogen (secondary N) is 1. The molecule has 1 unspecified atom stereocenters. The van der Waals surface area contributed by atoms with Crippen molar-refractivity contribution in [3.63, 3.8) is 0 Å². The molecule has 1 atom stereocenters. The third kappa shape index (κ3) is 5.02. The van der Waals surface area contributed by atoms with Crippen molar-refractivity contribution in [1.29, 1.82) is 0 Å². The van der Waals surface area contributed by atoms with Gasteiger partial charge in [-0.15, -0.1) is 0 Å².